The number of rotatable bonds is 4. The number of amides is 1. The molecule has 0 fully saturated rings. The van der Waals surface area contributed by atoms with Crippen LogP contribution in [-0.4, -0.2) is 38.8 Å². The Balaban J connectivity index is 2.30. The molecule has 1 amide bonds. The minimum atomic E-state index is -0.990. The molecule has 2 atom stereocenters. The Morgan fingerprint density at radius 1 is 1.27 bits per heavy atom. The highest BCUT2D eigenvalue weighted by Crippen LogP contribution is 2.30. The van der Waals surface area contributed by atoms with E-state index in [9.17, 15) is 19.5 Å². The predicted octanol–water partition coefficient (Wildman–Crippen LogP) is 3.24. The van der Waals surface area contributed by atoms with Crippen LogP contribution < -0.4 is 0 Å². The molecule has 1 aromatic rings. The van der Waals surface area contributed by atoms with Crippen LogP contribution in [0.4, 0.5) is 0 Å². The molecule has 0 aromatic heterocycles. The van der Waals surface area contributed by atoms with Crippen LogP contribution in [0, 0.1) is 5.92 Å². The van der Waals surface area contributed by atoms with Crippen LogP contribution in [0.3, 0.4) is 0 Å². The van der Waals surface area contributed by atoms with Gasteiger partial charge in [-0.2, -0.15) is 0 Å². The molecule has 6 heteroatoms. The highest BCUT2D eigenvalue weighted by molar-refractivity contribution is 8.13. The van der Waals surface area contributed by atoms with E-state index in [1.54, 1.807) is 6.92 Å². The molecule has 0 saturated heterocycles. The van der Waals surface area contributed by atoms with Crippen molar-refractivity contribution >= 4 is 28.8 Å². The van der Waals surface area contributed by atoms with Gasteiger partial charge in [0.25, 0.3) is 0 Å². The Bertz CT molecular complexity index is 723. The van der Waals surface area contributed by atoms with Crippen molar-refractivity contribution in [2.24, 2.45) is 5.92 Å². The van der Waals surface area contributed by atoms with Gasteiger partial charge < -0.3 is 10.0 Å². The van der Waals surface area contributed by atoms with Crippen LogP contribution in [0.2, 0.25) is 0 Å². The predicted molar refractivity (Wildman–Crippen MR) is 103 cm³/mol. The van der Waals surface area contributed by atoms with Crippen LogP contribution in [-0.2, 0) is 32.8 Å². The number of hydrogen-bond donors (Lipinski definition) is 1. The van der Waals surface area contributed by atoms with Gasteiger partial charge in [-0.1, -0.05) is 57.7 Å². The number of carboxylic acid groups (broad SMARTS) is 1. The minimum absolute atomic E-state index is 0.0149. The third kappa shape index (κ3) is 4.67. The summed E-state index contributed by atoms with van der Waals surface area (Å²) < 4.78 is 0. The highest BCUT2D eigenvalue weighted by Gasteiger charge is 2.36. The largest absolute Gasteiger partial charge is 0.480 e. The first kappa shape index (κ1) is 20.5. The number of benzene rings is 1. The number of carbonyl (C=O) groups is 3. The van der Waals surface area contributed by atoms with E-state index in [1.807, 2.05) is 12.1 Å². The summed E-state index contributed by atoms with van der Waals surface area (Å²) in [6.45, 7) is 9.89. The normalized spacial score (nSPS) is 18.2. The lowest BCUT2D eigenvalue weighted by molar-refractivity contribution is -0.152. The molecule has 0 aliphatic carbocycles. The van der Waals surface area contributed by atoms with Crippen molar-refractivity contribution in [2.75, 3.05) is 5.75 Å². The Morgan fingerprint density at radius 2 is 1.92 bits per heavy atom. The molecular weight excluding hydrogens is 350 g/mol. The molecule has 1 aromatic carbocycles. The van der Waals surface area contributed by atoms with Crippen LogP contribution in [0.5, 0.6) is 0 Å². The molecule has 1 aliphatic heterocycles. The number of hydrogen-bond acceptors (Lipinski definition) is 4. The molecule has 0 saturated carbocycles. The average molecular weight is 378 g/mol. The van der Waals surface area contributed by atoms with Crippen LogP contribution in [0.15, 0.2) is 18.2 Å². The van der Waals surface area contributed by atoms with Crippen LogP contribution in [0.25, 0.3) is 0 Å². The van der Waals surface area contributed by atoms with Crippen molar-refractivity contribution < 1.29 is 19.5 Å². The number of thioether (sulfide) groups is 1. The van der Waals surface area contributed by atoms with Gasteiger partial charge in [-0.3, -0.25) is 9.59 Å². The molecule has 142 valence electrons. The fraction of sp³-hybridized carbons (Fsp3) is 0.550. The first-order valence-corrected chi connectivity index (χ1v) is 9.78. The Labute approximate surface area is 159 Å². The molecule has 0 spiro atoms. The summed E-state index contributed by atoms with van der Waals surface area (Å²) in [6.07, 6.45) is 0.313. The maximum atomic E-state index is 12.9. The lowest BCUT2D eigenvalue weighted by Crippen LogP contribution is -2.50. The molecule has 1 heterocycles. The Morgan fingerprint density at radius 3 is 2.46 bits per heavy atom. The maximum absolute atomic E-state index is 12.9. The molecule has 5 nitrogen and oxygen atoms in total. The Hall–Kier alpha value is -1.82. The van der Waals surface area contributed by atoms with Gasteiger partial charge in [0, 0.05) is 31.6 Å². The van der Waals surface area contributed by atoms with Gasteiger partial charge in [0.2, 0.25) is 5.91 Å². The first-order chi connectivity index (χ1) is 12.0. The van der Waals surface area contributed by atoms with Gasteiger partial charge in [-0.15, -0.1) is 0 Å². The zero-order valence-corrected chi connectivity index (χ0v) is 16.9. The van der Waals surface area contributed by atoms with E-state index in [-0.39, 0.29) is 16.4 Å². The second-order valence-corrected chi connectivity index (χ2v) is 9.16. The highest BCUT2D eigenvalue weighted by atomic mass is 32.2. The zero-order valence-electron chi connectivity index (χ0n) is 16.0. The lowest BCUT2D eigenvalue weighted by Gasteiger charge is -2.36. The third-order valence-corrected chi connectivity index (χ3v) is 5.80. The van der Waals surface area contributed by atoms with E-state index in [1.165, 1.54) is 11.8 Å². The smallest absolute Gasteiger partial charge is 0.326 e. The summed E-state index contributed by atoms with van der Waals surface area (Å²) >= 11 is 1.10. The summed E-state index contributed by atoms with van der Waals surface area (Å²) in [5.41, 5.74) is 3.14. The summed E-state index contributed by atoms with van der Waals surface area (Å²) in [7, 11) is 0. The van der Waals surface area contributed by atoms with Gasteiger partial charge in [0.1, 0.15) is 6.04 Å². The molecule has 0 radical (unpaired) electrons. The minimum Gasteiger partial charge on any atom is -0.480 e. The number of fused-ring (bicyclic) bond motifs is 1. The summed E-state index contributed by atoms with van der Waals surface area (Å²) in [5.74, 6) is -1.24. The van der Waals surface area contributed by atoms with Crippen molar-refractivity contribution in [2.45, 2.75) is 59.0 Å². The van der Waals surface area contributed by atoms with Gasteiger partial charge in [-0.25, -0.2) is 4.79 Å². The van der Waals surface area contributed by atoms with Gasteiger partial charge in [0.05, 0.1) is 0 Å². The maximum Gasteiger partial charge on any atom is 0.326 e. The van der Waals surface area contributed by atoms with Crippen molar-refractivity contribution in [3.8, 4) is 0 Å². The standard InChI is InChI=1S/C20H27NO4S/c1-12(11-26-13(2)22)18(23)21-10-15-8-16(20(3,4)5)7-6-14(15)9-17(21)19(24)25/h6-8,12,17H,9-11H2,1-5H3,(H,24,25). The van der Waals surface area contributed by atoms with E-state index in [0.717, 1.165) is 28.5 Å². The fourth-order valence-corrected chi connectivity index (χ4v) is 3.73. The zero-order chi connectivity index (χ0) is 19.6. The van der Waals surface area contributed by atoms with Gasteiger partial charge in [0.15, 0.2) is 5.12 Å². The summed E-state index contributed by atoms with van der Waals surface area (Å²) in [6, 6.07) is 5.26. The van der Waals surface area contributed by atoms with Crippen LogP contribution in [0.1, 0.15) is 51.3 Å². The molecule has 1 N–H and O–H groups in total. The van der Waals surface area contributed by atoms with Crippen LogP contribution >= 0.6 is 11.8 Å². The average Bonchev–Trinajstić information content (AvgIpc) is 2.56. The van der Waals surface area contributed by atoms with Gasteiger partial charge in [-0.05, 0) is 22.1 Å². The molecule has 1 aliphatic rings. The number of carbonyl (C=O) groups excluding carboxylic acids is 2. The second-order valence-electron chi connectivity index (χ2n) is 7.96. The van der Waals surface area contributed by atoms with Crippen molar-refractivity contribution in [3.63, 3.8) is 0 Å². The molecular formula is C20H27NO4S. The van der Waals surface area contributed by atoms with Crippen molar-refractivity contribution in [1.29, 1.82) is 0 Å². The number of carboxylic acids is 1. The topological polar surface area (TPSA) is 74.7 Å². The van der Waals surface area contributed by atoms with Crippen molar-refractivity contribution in [3.05, 3.63) is 34.9 Å². The number of nitrogens with zero attached hydrogens (tertiary/aromatic N) is 1. The van der Waals surface area contributed by atoms with E-state index >= 15 is 0 Å². The number of aliphatic carboxylic acids is 1. The van der Waals surface area contributed by atoms with E-state index < -0.39 is 17.9 Å². The van der Waals surface area contributed by atoms with Crippen molar-refractivity contribution in [1.82, 2.24) is 4.90 Å². The monoisotopic (exact) mass is 377 g/mol. The first-order valence-electron chi connectivity index (χ1n) is 8.79. The van der Waals surface area contributed by atoms with E-state index in [2.05, 4.69) is 26.8 Å². The second kappa shape index (κ2) is 7.82. The third-order valence-electron chi connectivity index (χ3n) is 4.73. The summed E-state index contributed by atoms with van der Waals surface area (Å²) in [4.78, 5) is 37.2. The van der Waals surface area contributed by atoms with Gasteiger partial charge >= 0.3 is 5.97 Å². The molecule has 26 heavy (non-hydrogen) atoms. The fourth-order valence-electron chi connectivity index (χ4n) is 3.10. The SMILES string of the molecule is CC(=O)SCC(C)C(=O)N1Cc2cc(C(C)(C)C)ccc2CC1C(=O)O. The summed E-state index contributed by atoms with van der Waals surface area (Å²) in [5, 5.41) is 9.57. The van der Waals surface area contributed by atoms with E-state index in [4.69, 9.17) is 0 Å². The van der Waals surface area contributed by atoms with E-state index in [0.29, 0.717) is 18.7 Å². The molecule has 0 bridgehead atoms. The quantitative estimate of drug-likeness (QED) is 0.872. The molecule has 2 unspecified atom stereocenters. The lowest BCUT2D eigenvalue weighted by atomic mass is 9.83. The Kier molecular flexibility index (Phi) is 6.17. The molecule has 2 rings (SSSR count).